The Labute approximate surface area is 209 Å². The van der Waals surface area contributed by atoms with Gasteiger partial charge in [-0.1, -0.05) is 35.9 Å². The van der Waals surface area contributed by atoms with Gasteiger partial charge in [-0.2, -0.15) is 8.42 Å². The molecule has 0 aliphatic rings. The quantitative estimate of drug-likeness (QED) is 0.338. The van der Waals surface area contributed by atoms with E-state index in [0.29, 0.717) is 27.4 Å². The second-order valence-electron chi connectivity index (χ2n) is 8.11. The summed E-state index contributed by atoms with van der Waals surface area (Å²) in [5.74, 6) is -0.343. The van der Waals surface area contributed by atoms with Crippen LogP contribution in [0, 0.1) is 0 Å². The van der Waals surface area contributed by atoms with Gasteiger partial charge < -0.3 is 15.0 Å². The Morgan fingerprint density at radius 1 is 1.17 bits per heavy atom. The number of anilines is 1. The van der Waals surface area contributed by atoms with Crippen molar-refractivity contribution >= 4 is 39.6 Å². The highest BCUT2D eigenvalue weighted by molar-refractivity contribution is 7.90. The Bertz CT molecular complexity index is 1330. The summed E-state index contributed by atoms with van der Waals surface area (Å²) in [6, 6.07) is 11.7. The predicted octanol–water partition coefficient (Wildman–Crippen LogP) is 4.04. The topological polar surface area (TPSA) is 114 Å². The second-order valence-corrected chi connectivity index (χ2v) is 10.1. The van der Waals surface area contributed by atoms with Gasteiger partial charge >= 0.3 is 6.01 Å². The first-order valence-electron chi connectivity index (χ1n) is 10.7. The molecule has 1 heterocycles. The average molecular weight is 516 g/mol. The van der Waals surface area contributed by atoms with E-state index >= 15 is 0 Å². The summed E-state index contributed by atoms with van der Waals surface area (Å²) in [6.07, 6.45) is 4.07. The van der Waals surface area contributed by atoms with Gasteiger partial charge in [-0.3, -0.25) is 4.79 Å². The highest BCUT2D eigenvalue weighted by atomic mass is 35.5. The van der Waals surface area contributed by atoms with Crippen LogP contribution in [0.2, 0.25) is 5.02 Å². The maximum Gasteiger partial charge on any atom is 0.316 e. The molecule has 11 heteroatoms. The van der Waals surface area contributed by atoms with Crippen molar-refractivity contribution in [3.8, 4) is 17.1 Å². The molecule has 3 rings (SSSR count). The zero-order valence-electron chi connectivity index (χ0n) is 19.8. The standard InChI is InChI=1S/C24H26ClN5O4S/c1-16(2)34-24-26-13-18(14-27-24)20-10-9-19(12-22(20)35(32,33)28-15-30(3)4)29-23(31)11-17-7-5-6-8-21(17)25/h5-10,12-16H,11H2,1-4H3,(H,29,31)/b28-15+. The van der Waals surface area contributed by atoms with Crippen LogP contribution in [-0.4, -0.2) is 55.7 Å². The highest BCUT2D eigenvalue weighted by Crippen LogP contribution is 2.31. The number of rotatable bonds is 9. The Hall–Kier alpha value is -3.50. The summed E-state index contributed by atoms with van der Waals surface area (Å²) in [7, 11) is -0.800. The number of carbonyl (C=O) groups excluding carboxylic acids is 1. The largest absolute Gasteiger partial charge is 0.461 e. The number of benzene rings is 2. The van der Waals surface area contributed by atoms with E-state index in [0.717, 1.165) is 0 Å². The number of nitrogens with zero attached hydrogens (tertiary/aromatic N) is 4. The summed E-state index contributed by atoms with van der Waals surface area (Å²) < 4.78 is 35.4. The summed E-state index contributed by atoms with van der Waals surface area (Å²) in [4.78, 5) is 22.3. The minimum Gasteiger partial charge on any atom is -0.461 e. The monoisotopic (exact) mass is 515 g/mol. The van der Waals surface area contributed by atoms with Crippen molar-refractivity contribution < 1.29 is 17.9 Å². The third-order valence-corrected chi connectivity index (χ3v) is 6.18. The molecule has 0 atom stereocenters. The van der Waals surface area contributed by atoms with Gasteiger partial charge in [0.05, 0.1) is 17.4 Å². The molecule has 0 radical (unpaired) electrons. The third kappa shape index (κ3) is 7.24. The number of hydrogen-bond donors (Lipinski definition) is 1. The van der Waals surface area contributed by atoms with Crippen molar-refractivity contribution in [2.24, 2.45) is 4.40 Å². The van der Waals surface area contributed by atoms with Crippen molar-refractivity contribution in [3.63, 3.8) is 0 Å². The lowest BCUT2D eigenvalue weighted by Gasteiger charge is -2.13. The minimum atomic E-state index is -4.12. The Balaban J connectivity index is 1.97. The molecule has 0 bridgehead atoms. The van der Waals surface area contributed by atoms with Gasteiger partial charge in [0.25, 0.3) is 10.0 Å². The first-order chi connectivity index (χ1) is 16.5. The molecule has 35 heavy (non-hydrogen) atoms. The number of nitrogens with one attached hydrogen (secondary N) is 1. The first kappa shape index (κ1) is 26.1. The van der Waals surface area contributed by atoms with Crippen molar-refractivity contribution in [2.45, 2.75) is 31.3 Å². The van der Waals surface area contributed by atoms with E-state index in [1.165, 1.54) is 29.7 Å². The average Bonchev–Trinajstić information content (AvgIpc) is 2.79. The van der Waals surface area contributed by atoms with E-state index in [-0.39, 0.29) is 29.3 Å². The van der Waals surface area contributed by atoms with Crippen LogP contribution in [0.15, 0.2) is 64.2 Å². The van der Waals surface area contributed by atoms with Gasteiger partial charge in [0.2, 0.25) is 5.91 Å². The van der Waals surface area contributed by atoms with Crippen molar-refractivity contribution in [1.29, 1.82) is 0 Å². The fourth-order valence-electron chi connectivity index (χ4n) is 3.01. The van der Waals surface area contributed by atoms with Crippen molar-refractivity contribution in [1.82, 2.24) is 14.9 Å². The van der Waals surface area contributed by atoms with E-state index < -0.39 is 10.0 Å². The Morgan fingerprint density at radius 2 is 1.86 bits per heavy atom. The van der Waals surface area contributed by atoms with Crippen LogP contribution >= 0.6 is 11.6 Å². The number of sulfonamides is 1. The SMILES string of the molecule is CC(C)Oc1ncc(-c2ccc(NC(=O)Cc3ccccc3Cl)cc2S(=O)(=O)/N=C/N(C)C)cn1. The molecule has 0 fully saturated rings. The second kappa shape index (κ2) is 11.3. The van der Waals surface area contributed by atoms with Gasteiger partial charge in [0, 0.05) is 48.3 Å². The number of aromatic nitrogens is 2. The maximum atomic E-state index is 13.1. The molecule has 1 aromatic heterocycles. The molecule has 1 amide bonds. The molecular formula is C24H26ClN5O4S. The lowest BCUT2D eigenvalue weighted by atomic mass is 10.1. The normalized spacial score (nSPS) is 11.6. The molecule has 184 valence electrons. The molecule has 0 aliphatic carbocycles. The molecule has 0 saturated heterocycles. The fraction of sp³-hybridized carbons (Fsp3) is 0.250. The lowest BCUT2D eigenvalue weighted by Crippen LogP contribution is -2.15. The van der Waals surface area contributed by atoms with Gasteiger partial charge in [0.1, 0.15) is 6.34 Å². The lowest BCUT2D eigenvalue weighted by molar-refractivity contribution is -0.115. The third-order valence-electron chi connectivity index (χ3n) is 4.55. The summed E-state index contributed by atoms with van der Waals surface area (Å²) in [6.45, 7) is 3.70. The molecule has 9 nitrogen and oxygen atoms in total. The zero-order chi connectivity index (χ0) is 25.6. The Kier molecular flexibility index (Phi) is 8.42. The molecule has 0 aliphatic heterocycles. The highest BCUT2D eigenvalue weighted by Gasteiger charge is 2.21. The molecular weight excluding hydrogens is 490 g/mol. The smallest absolute Gasteiger partial charge is 0.316 e. The van der Waals surface area contributed by atoms with Crippen LogP contribution in [0.3, 0.4) is 0 Å². The molecule has 0 saturated carbocycles. The van der Waals surface area contributed by atoms with Crippen LogP contribution < -0.4 is 10.1 Å². The number of ether oxygens (including phenoxy) is 1. The molecule has 2 aromatic carbocycles. The molecule has 0 unspecified atom stereocenters. The van der Waals surface area contributed by atoms with Crippen LogP contribution in [-0.2, 0) is 21.2 Å². The van der Waals surface area contributed by atoms with Gasteiger partial charge in [0.15, 0.2) is 0 Å². The van der Waals surface area contributed by atoms with Gasteiger partial charge in [-0.15, -0.1) is 4.40 Å². The fourth-order valence-corrected chi connectivity index (χ4v) is 4.38. The molecule has 1 N–H and O–H groups in total. The van der Waals surface area contributed by atoms with Crippen molar-refractivity contribution in [2.75, 3.05) is 19.4 Å². The number of carbonyl (C=O) groups is 1. The molecule has 0 spiro atoms. The predicted molar refractivity (Wildman–Crippen MR) is 136 cm³/mol. The van der Waals surface area contributed by atoms with Crippen LogP contribution in [0.4, 0.5) is 5.69 Å². The first-order valence-corrected chi connectivity index (χ1v) is 12.5. The number of amides is 1. The summed E-state index contributed by atoms with van der Waals surface area (Å²) in [5.41, 5.74) is 1.74. The number of halogens is 1. The zero-order valence-corrected chi connectivity index (χ0v) is 21.3. The Morgan fingerprint density at radius 3 is 2.49 bits per heavy atom. The van der Waals surface area contributed by atoms with E-state index in [1.54, 1.807) is 50.5 Å². The van der Waals surface area contributed by atoms with Gasteiger partial charge in [-0.05, 0) is 37.6 Å². The van der Waals surface area contributed by atoms with Crippen LogP contribution in [0.5, 0.6) is 6.01 Å². The van der Waals surface area contributed by atoms with Crippen molar-refractivity contribution in [3.05, 3.63) is 65.4 Å². The summed E-state index contributed by atoms with van der Waals surface area (Å²) in [5, 5.41) is 3.20. The maximum absolute atomic E-state index is 13.1. The minimum absolute atomic E-state index is 0.0352. The number of hydrogen-bond acceptors (Lipinski definition) is 6. The summed E-state index contributed by atoms with van der Waals surface area (Å²) >= 11 is 6.14. The van der Waals surface area contributed by atoms with E-state index in [2.05, 4.69) is 19.7 Å². The molecule has 3 aromatic rings. The van der Waals surface area contributed by atoms with E-state index in [9.17, 15) is 13.2 Å². The van der Waals surface area contributed by atoms with Crippen LogP contribution in [0.25, 0.3) is 11.1 Å². The van der Waals surface area contributed by atoms with E-state index in [1.807, 2.05) is 13.8 Å². The van der Waals surface area contributed by atoms with E-state index in [4.69, 9.17) is 16.3 Å². The van der Waals surface area contributed by atoms with Gasteiger partial charge in [-0.25, -0.2) is 9.97 Å². The van der Waals surface area contributed by atoms with Crippen LogP contribution in [0.1, 0.15) is 19.4 Å².